The van der Waals surface area contributed by atoms with Crippen LogP contribution in [0, 0.1) is 5.92 Å². The molecule has 0 radical (unpaired) electrons. The second-order valence-corrected chi connectivity index (χ2v) is 7.09. The van der Waals surface area contributed by atoms with Gasteiger partial charge in [0, 0.05) is 6.54 Å². The molecule has 7 nitrogen and oxygen atoms in total. The van der Waals surface area contributed by atoms with Gasteiger partial charge < -0.3 is 9.84 Å². The number of benzene rings is 1. The number of nitrogens with zero attached hydrogens (tertiary/aromatic N) is 2. The van der Waals surface area contributed by atoms with Crippen LogP contribution in [0.25, 0.3) is 0 Å². The van der Waals surface area contributed by atoms with E-state index in [1.807, 2.05) is 30.3 Å². The molecule has 26 heavy (non-hydrogen) atoms. The monoisotopic (exact) mass is 360 g/mol. The number of β-lactam (4-membered cyclic amide) rings is 1. The Kier molecular flexibility index (Phi) is 5.00. The molecule has 1 spiro atoms. The van der Waals surface area contributed by atoms with Gasteiger partial charge in [-0.1, -0.05) is 37.3 Å². The van der Waals surface area contributed by atoms with Crippen molar-refractivity contribution in [1.82, 2.24) is 9.80 Å². The van der Waals surface area contributed by atoms with Crippen LogP contribution in [0.5, 0.6) is 0 Å². The molecule has 3 rings (SSSR count). The smallest absolute Gasteiger partial charge is 0.411 e. The Morgan fingerprint density at radius 1 is 1.27 bits per heavy atom. The molecular weight excluding hydrogens is 336 g/mol. The molecule has 2 heterocycles. The van der Waals surface area contributed by atoms with E-state index in [-0.39, 0.29) is 19.1 Å². The average Bonchev–Trinajstić information content (AvgIpc) is 3.10. The minimum Gasteiger partial charge on any atom is -0.445 e. The number of rotatable bonds is 4. The number of imide groups is 1. The van der Waals surface area contributed by atoms with Crippen molar-refractivity contribution in [2.24, 2.45) is 5.92 Å². The van der Waals surface area contributed by atoms with Crippen LogP contribution in [0.3, 0.4) is 0 Å². The van der Waals surface area contributed by atoms with Gasteiger partial charge in [-0.3, -0.25) is 19.4 Å². The van der Waals surface area contributed by atoms with Crippen molar-refractivity contribution in [1.29, 1.82) is 0 Å². The maximum Gasteiger partial charge on any atom is 0.411 e. The normalized spacial score (nSPS) is 24.3. The van der Waals surface area contributed by atoms with Crippen molar-refractivity contribution in [2.45, 2.75) is 44.9 Å². The lowest BCUT2D eigenvalue weighted by atomic mass is 9.84. The molecule has 3 atom stereocenters. The Hall–Kier alpha value is -2.41. The molecule has 1 aromatic rings. The van der Waals surface area contributed by atoms with Gasteiger partial charge in [-0.25, -0.2) is 4.79 Å². The second-order valence-electron chi connectivity index (χ2n) is 7.09. The summed E-state index contributed by atoms with van der Waals surface area (Å²) in [5, 5.41) is 9.58. The molecule has 1 aromatic carbocycles. The largest absolute Gasteiger partial charge is 0.445 e. The number of likely N-dealkylation sites (tertiary alicyclic amines) is 2. The van der Waals surface area contributed by atoms with E-state index in [0.717, 1.165) is 10.5 Å². The molecule has 0 bridgehead atoms. The van der Waals surface area contributed by atoms with Gasteiger partial charge in [0.1, 0.15) is 12.1 Å². The van der Waals surface area contributed by atoms with Crippen LogP contribution < -0.4 is 0 Å². The lowest BCUT2D eigenvalue weighted by Gasteiger charge is -2.50. The van der Waals surface area contributed by atoms with Crippen LogP contribution in [0.15, 0.2) is 30.3 Å². The van der Waals surface area contributed by atoms with Crippen molar-refractivity contribution in [3.63, 3.8) is 0 Å². The minimum absolute atomic E-state index is 0.141. The number of aliphatic hydroxyl groups is 1. The van der Waals surface area contributed by atoms with Gasteiger partial charge in [0.2, 0.25) is 5.91 Å². The van der Waals surface area contributed by atoms with Gasteiger partial charge in [0.05, 0.1) is 18.6 Å². The predicted octanol–water partition coefficient (Wildman–Crippen LogP) is 1.54. The summed E-state index contributed by atoms with van der Waals surface area (Å²) in [6.07, 6.45) is -0.142. The van der Waals surface area contributed by atoms with E-state index in [4.69, 9.17) is 4.74 Å². The zero-order valence-corrected chi connectivity index (χ0v) is 15.1. The second kappa shape index (κ2) is 7.07. The highest BCUT2D eigenvalue weighted by atomic mass is 16.6. The fourth-order valence-corrected chi connectivity index (χ4v) is 3.52. The van der Waals surface area contributed by atoms with Gasteiger partial charge in [-0.15, -0.1) is 0 Å². The summed E-state index contributed by atoms with van der Waals surface area (Å²) in [7, 11) is 0. The summed E-state index contributed by atoms with van der Waals surface area (Å²) in [6.45, 7) is 3.86. The zero-order chi connectivity index (χ0) is 18.9. The summed E-state index contributed by atoms with van der Waals surface area (Å²) >= 11 is 0. The van der Waals surface area contributed by atoms with Crippen molar-refractivity contribution < 1.29 is 24.2 Å². The fraction of sp³-hybridized carbons (Fsp3) is 0.526. The molecule has 3 amide bonds. The maximum atomic E-state index is 12.7. The number of hydrogen-bond acceptors (Lipinski definition) is 5. The first-order chi connectivity index (χ1) is 12.4. The van der Waals surface area contributed by atoms with E-state index >= 15 is 0 Å². The van der Waals surface area contributed by atoms with Gasteiger partial charge >= 0.3 is 6.09 Å². The quantitative estimate of drug-likeness (QED) is 0.823. The van der Waals surface area contributed by atoms with Crippen molar-refractivity contribution in [3.8, 4) is 0 Å². The van der Waals surface area contributed by atoms with Gasteiger partial charge in [0.25, 0.3) is 5.91 Å². The number of ether oxygens (including phenoxy) is 1. The zero-order valence-electron chi connectivity index (χ0n) is 15.1. The third kappa shape index (κ3) is 3.07. The third-order valence-corrected chi connectivity index (χ3v) is 5.36. The first-order valence-electron chi connectivity index (χ1n) is 8.89. The number of amides is 3. The molecule has 2 aliphatic rings. The highest BCUT2D eigenvalue weighted by Gasteiger charge is 2.62. The van der Waals surface area contributed by atoms with Crippen LogP contribution in [-0.4, -0.2) is 57.5 Å². The first-order valence-corrected chi connectivity index (χ1v) is 8.89. The molecule has 0 aliphatic carbocycles. The van der Waals surface area contributed by atoms with Crippen LogP contribution in [0.4, 0.5) is 4.79 Å². The number of carbonyl (C=O) groups is 3. The fourth-order valence-electron chi connectivity index (χ4n) is 3.52. The molecule has 2 saturated heterocycles. The third-order valence-electron chi connectivity index (χ3n) is 5.36. The number of hydrogen-bond donors (Lipinski definition) is 1. The van der Waals surface area contributed by atoms with Crippen LogP contribution in [-0.2, 0) is 20.9 Å². The van der Waals surface area contributed by atoms with E-state index in [0.29, 0.717) is 19.4 Å². The molecule has 0 aromatic heterocycles. The minimum atomic E-state index is -0.970. The standard InChI is InChI=1S/C19H24N2O5/c1-13(14(2)22)16(23)20-12-19(17(20)24)9-6-10-21(19)18(25)26-11-15-7-4-3-5-8-15/h3-5,7-8,13-14,22H,6,9-12H2,1-2H3. The lowest BCUT2D eigenvalue weighted by Crippen LogP contribution is -2.74. The van der Waals surface area contributed by atoms with E-state index in [1.165, 1.54) is 11.8 Å². The molecule has 1 N–H and O–H groups in total. The van der Waals surface area contributed by atoms with Crippen LogP contribution >= 0.6 is 0 Å². The summed E-state index contributed by atoms with van der Waals surface area (Å²) in [4.78, 5) is 40.1. The van der Waals surface area contributed by atoms with Gasteiger partial charge in [-0.2, -0.15) is 0 Å². The number of carbonyl (C=O) groups excluding carboxylic acids is 3. The topological polar surface area (TPSA) is 87.2 Å². The molecule has 0 saturated carbocycles. The Labute approximate surface area is 152 Å². The molecule has 2 aliphatic heterocycles. The maximum absolute atomic E-state index is 12.7. The van der Waals surface area contributed by atoms with Crippen molar-refractivity contribution in [2.75, 3.05) is 13.1 Å². The Balaban J connectivity index is 1.64. The Morgan fingerprint density at radius 3 is 2.58 bits per heavy atom. The SMILES string of the molecule is CC(O)C(C)C(=O)N1CC2(CCCN2C(=O)OCc2ccccc2)C1=O. The molecular formula is C19H24N2O5. The highest BCUT2D eigenvalue weighted by molar-refractivity contribution is 6.07. The summed E-state index contributed by atoms with van der Waals surface area (Å²) in [5.41, 5.74) is -0.0985. The van der Waals surface area contributed by atoms with Gasteiger partial charge in [0.15, 0.2) is 0 Å². The predicted molar refractivity (Wildman–Crippen MR) is 92.9 cm³/mol. The Bertz CT molecular complexity index is 705. The number of aliphatic hydroxyl groups excluding tert-OH is 1. The van der Waals surface area contributed by atoms with E-state index in [2.05, 4.69) is 0 Å². The first kappa shape index (κ1) is 18.4. The van der Waals surface area contributed by atoms with E-state index in [9.17, 15) is 19.5 Å². The van der Waals surface area contributed by atoms with E-state index in [1.54, 1.807) is 6.92 Å². The highest BCUT2D eigenvalue weighted by Crippen LogP contribution is 2.40. The molecule has 3 unspecified atom stereocenters. The summed E-state index contributed by atoms with van der Waals surface area (Å²) < 4.78 is 5.36. The Morgan fingerprint density at radius 2 is 1.96 bits per heavy atom. The molecule has 2 fully saturated rings. The average molecular weight is 360 g/mol. The van der Waals surface area contributed by atoms with Crippen LogP contribution in [0.1, 0.15) is 32.3 Å². The van der Waals surface area contributed by atoms with Crippen molar-refractivity contribution >= 4 is 17.9 Å². The van der Waals surface area contributed by atoms with Crippen molar-refractivity contribution in [3.05, 3.63) is 35.9 Å². The van der Waals surface area contributed by atoms with Crippen LogP contribution in [0.2, 0.25) is 0 Å². The molecule has 7 heteroatoms. The summed E-state index contributed by atoms with van der Waals surface area (Å²) in [6, 6.07) is 9.33. The van der Waals surface area contributed by atoms with E-state index < -0.39 is 29.6 Å². The van der Waals surface area contributed by atoms with Gasteiger partial charge in [-0.05, 0) is 25.3 Å². The summed E-state index contributed by atoms with van der Waals surface area (Å²) in [5.74, 6) is -1.43. The lowest BCUT2D eigenvalue weighted by molar-refractivity contribution is -0.171. The molecule has 140 valence electrons.